The second-order valence-corrected chi connectivity index (χ2v) is 6.75. The van der Waals surface area contributed by atoms with E-state index in [1.165, 1.54) is 18.2 Å². The molecule has 0 aliphatic heterocycles. The number of hydrogen-bond acceptors (Lipinski definition) is 7. The highest BCUT2D eigenvalue weighted by molar-refractivity contribution is 9.10. The quantitative estimate of drug-likeness (QED) is 0.352. The third kappa shape index (κ3) is 4.27. The van der Waals surface area contributed by atoms with Crippen molar-refractivity contribution in [2.75, 3.05) is 11.1 Å². The highest BCUT2D eigenvalue weighted by Crippen LogP contribution is 2.29. The van der Waals surface area contributed by atoms with Gasteiger partial charge in [-0.2, -0.15) is 0 Å². The molecule has 0 saturated heterocycles. The van der Waals surface area contributed by atoms with Crippen molar-refractivity contribution in [2.45, 2.75) is 5.22 Å². The molecule has 0 radical (unpaired) electrons. The second kappa shape index (κ2) is 8.11. The summed E-state index contributed by atoms with van der Waals surface area (Å²) >= 11 is 4.45. The second-order valence-electron chi connectivity index (χ2n) is 4.96. The Labute approximate surface area is 160 Å². The number of carbonyl (C=O) groups excluding carboxylic acids is 1. The van der Waals surface area contributed by atoms with Gasteiger partial charge in [0.2, 0.25) is 11.8 Å². The minimum Gasteiger partial charge on any atom is -0.411 e. The lowest BCUT2D eigenvalue weighted by atomic mass is 10.2. The van der Waals surface area contributed by atoms with Crippen LogP contribution in [0.25, 0.3) is 11.5 Å². The Balaban J connectivity index is 1.63. The molecule has 0 bridgehead atoms. The first-order valence-corrected chi connectivity index (χ1v) is 9.07. The number of amides is 1. The maximum atomic E-state index is 12.0. The summed E-state index contributed by atoms with van der Waals surface area (Å²) in [5.41, 5.74) is 0.721. The zero-order valence-electron chi connectivity index (χ0n) is 13.1. The average molecular weight is 435 g/mol. The molecule has 0 aliphatic rings. The van der Waals surface area contributed by atoms with Gasteiger partial charge in [-0.05, 0) is 34.1 Å². The summed E-state index contributed by atoms with van der Waals surface area (Å²) in [5, 5.41) is 21.6. The summed E-state index contributed by atoms with van der Waals surface area (Å²) in [7, 11) is 0. The number of aromatic nitrogens is 2. The van der Waals surface area contributed by atoms with Gasteiger partial charge in [0.25, 0.3) is 10.9 Å². The summed E-state index contributed by atoms with van der Waals surface area (Å²) in [6.45, 7) is 0. The summed E-state index contributed by atoms with van der Waals surface area (Å²) < 4.78 is 6.35. The Morgan fingerprint density at radius 1 is 1.19 bits per heavy atom. The molecule has 0 unspecified atom stereocenters. The third-order valence-electron chi connectivity index (χ3n) is 3.21. The number of nitrogens with one attached hydrogen (secondary N) is 1. The smallest absolute Gasteiger partial charge is 0.292 e. The lowest BCUT2D eigenvalue weighted by Crippen LogP contribution is -2.15. The summed E-state index contributed by atoms with van der Waals surface area (Å²) in [6.07, 6.45) is 0. The van der Waals surface area contributed by atoms with E-state index in [2.05, 4.69) is 31.4 Å². The van der Waals surface area contributed by atoms with Crippen molar-refractivity contribution in [1.82, 2.24) is 10.2 Å². The van der Waals surface area contributed by atoms with E-state index < -0.39 is 10.8 Å². The average Bonchev–Trinajstić information content (AvgIpc) is 3.09. The predicted octanol–water partition coefficient (Wildman–Crippen LogP) is 4.14. The molecule has 3 rings (SSSR count). The van der Waals surface area contributed by atoms with Crippen molar-refractivity contribution in [1.29, 1.82) is 0 Å². The van der Waals surface area contributed by atoms with Crippen LogP contribution in [0.2, 0.25) is 0 Å². The SMILES string of the molecule is O=C(CSc1nnc(-c2ccccc2Br)o1)Nc1ccccc1[N+](=O)[O-]. The van der Waals surface area contributed by atoms with Gasteiger partial charge in [-0.15, -0.1) is 10.2 Å². The van der Waals surface area contributed by atoms with Gasteiger partial charge in [0.15, 0.2) is 0 Å². The molecule has 2 aromatic carbocycles. The molecule has 0 fully saturated rings. The highest BCUT2D eigenvalue weighted by Gasteiger charge is 2.16. The van der Waals surface area contributed by atoms with E-state index in [1.807, 2.05) is 24.3 Å². The Morgan fingerprint density at radius 3 is 2.69 bits per heavy atom. The Hall–Kier alpha value is -2.72. The van der Waals surface area contributed by atoms with Gasteiger partial charge in [0, 0.05) is 10.5 Å². The topological polar surface area (TPSA) is 111 Å². The summed E-state index contributed by atoms with van der Waals surface area (Å²) in [6, 6.07) is 13.3. The van der Waals surface area contributed by atoms with Crippen LogP contribution < -0.4 is 5.32 Å². The van der Waals surface area contributed by atoms with Crippen LogP contribution in [0, 0.1) is 10.1 Å². The maximum absolute atomic E-state index is 12.0. The molecule has 0 spiro atoms. The van der Waals surface area contributed by atoms with E-state index in [0.717, 1.165) is 21.8 Å². The third-order valence-corrected chi connectivity index (χ3v) is 4.72. The molecule has 132 valence electrons. The van der Waals surface area contributed by atoms with Crippen LogP contribution >= 0.6 is 27.7 Å². The van der Waals surface area contributed by atoms with Gasteiger partial charge < -0.3 is 9.73 Å². The number of halogens is 1. The molecule has 3 aromatic rings. The van der Waals surface area contributed by atoms with Crippen LogP contribution in [0.5, 0.6) is 0 Å². The normalized spacial score (nSPS) is 10.5. The van der Waals surface area contributed by atoms with Crippen molar-refractivity contribution in [3.05, 3.63) is 63.1 Å². The maximum Gasteiger partial charge on any atom is 0.292 e. The van der Waals surface area contributed by atoms with Crippen LogP contribution in [0.15, 0.2) is 62.6 Å². The van der Waals surface area contributed by atoms with Gasteiger partial charge in [-0.25, -0.2) is 0 Å². The minimum absolute atomic E-state index is 0.0242. The van der Waals surface area contributed by atoms with Gasteiger partial charge in [-0.3, -0.25) is 14.9 Å². The summed E-state index contributed by atoms with van der Waals surface area (Å²) in [5.74, 6) is -0.104. The van der Waals surface area contributed by atoms with E-state index >= 15 is 0 Å². The van der Waals surface area contributed by atoms with Crippen LogP contribution in [-0.4, -0.2) is 26.8 Å². The zero-order valence-corrected chi connectivity index (χ0v) is 15.5. The van der Waals surface area contributed by atoms with Gasteiger partial charge in [0.05, 0.1) is 16.2 Å². The van der Waals surface area contributed by atoms with E-state index in [-0.39, 0.29) is 22.4 Å². The highest BCUT2D eigenvalue weighted by atomic mass is 79.9. The molecule has 26 heavy (non-hydrogen) atoms. The monoisotopic (exact) mass is 434 g/mol. The predicted molar refractivity (Wildman–Crippen MR) is 99.9 cm³/mol. The van der Waals surface area contributed by atoms with Gasteiger partial charge in [0.1, 0.15) is 5.69 Å². The fraction of sp³-hybridized carbons (Fsp3) is 0.0625. The van der Waals surface area contributed by atoms with Crippen molar-refractivity contribution in [2.24, 2.45) is 0 Å². The van der Waals surface area contributed by atoms with E-state index in [9.17, 15) is 14.9 Å². The largest absolute Gasteiger partial charge is 0.411 e. The van der Waals surface area contributed by atoms with Crippen molar-refractivity contribution in [3.63, 3.8) is 0 Å². The molecular weight excluding hydrogens is 424 g/mol. The fourth-order valence-corrected chi connectivity index (χ4v) is 3.08. The molecule has 8 nitrogen and oxygen atoms in total. The first-order valence-electron chi connectivity index (χ1n) is 7.29. The molecule has 1 N–H and O–H groups in total. The Kier molecular flexibility index (Phi) is 5.64. The summed E-state index contributed by atoms with van der Waals surface area (Å²) in [4.78, 5) is 22.4. The number of hydrogen-bond donors (Lipinski definition) is 1. The van der Waals surface area contributed by atoms with Crippen LogP contribution in [0.4, 0.5) is 11.4 Å². The first-order chi connectivity index (χ1) is 12.5. The number of nitro groups is 1. The lowest BCUT2D eigenvalue weighted by molar-refractivity contribution is -0.383. The molecular formula is C16H11BrN4O4S. The Morgan fingerprint density at radius 2 is 1.92 bits per heavy atom. The minimum atomic E-state index is -0.551. The number of carbonyl (C=O) groups is 1. The van der Waals surface area contributed by atoms with Crippen molar-refractivity contribution in [3.8, 4) is 11.5 Å². The molecule has 0 aliphatic carbocycles. The fourth-order valence-electron chi connectivity index (χ4n) is 2.06. The Bertz CT molecular complexity index is 963. The van der Waals surface area contributed by atoms with Crippen LogP contribution in [0.1, 0.15) is 0 Å². The molecule has 1 amide bonds. The number of rotatable bonds is 6. The lowest BCUT2D eigenvalue weighted by Gasteiger charge is -2.04. The molecule has 1 aromatic heterocycles. The van der Waals surface area contributed by atoms with E-state index in [4.69, 9.17) is 4.42 Å². The van der Waals surface area contributed by atoms with E-state index in [1.54, 1.807) is 6.07 Å². The molecule has 10 heteroatoms. The molecule has 0 saturated carbocycles. The van der Waals surface area contributed by atoms with Crippen molar-refractivity contribution < 1.29 is 14.1 Å². The van der Waals surface area contributed by atoms with Gasteiger partial charge in [-0.1, -0.05) is 36.0 Å². The number of nitrogens with zero attached hydrogens (tertiary/aromatic N) is 3. The van der Waals surface area contributed by atoms with Crippen LogP contribution in [0.3, 0.4) is 0 Å². The number of anilines is 1. The van der Waals surface area contributed by atoms with E-state index in [0.29, 0.717) is 5.89 Å². The number of para-hydroxylation sites is 2. The standard InChI is InChI=1S/C16H11BrN4O4S/c17-11-6-2-1-5-10(11)15-19-20-16(25-15)26-9-14(22)18-12-7-3-4-8-13(12)21(23)24/h1-8H,9H2,(H,18,22). The number of benzene rings is 2. The van der Waals surface area contributed by atoms with Crippen LogP contribution in [-0.2, 0) is 4.79 Å². The van der Waals surface area contributed by atoms with Crippen molar-refractivity contribution >= 4 is 45.0 Å². The molecule has 1 heterocycles. The first kappa shape index (κ1) is 18.1. The van der Waals surface area contributed by atoms with Gasteiger partial charge >= 0.3 is 0 Å². The zero-order chi connectivity index (χ0) is 18.5. The number of thioether (sulfide) groups is 1. The molecule has 0 atom stereocenters. The number of nitro benzene ring substituents is 1.